The lowest BCUT2D eigenvalue weighted by Gasteiger charge is -2.12. The topological polar surface area (TPSA) is 101 Å². The zero-order valence-corrected chi connectivity index (χ0v) is 12.0. The van der Waals surface area contributed by atoms with Crippen LogP contribution in [0.3, 0.4) is 0 Å². The predicted octanol–water partition coefficient (Wildman–Crippen LogP) is 1.13. The van der Waals surface area contributed by atoms with E-state index in [1.165, 1.54) is 12.1 Å². The fourth-order valence-electron chi connectivity index (χ4n) is 1.32. The van der Waals surface area contributed by atoms with E-state index in [9.17, 15) is 18.5 Å². The number of sulfonamides is 1. The number of benzene rings is 1. The van der Waals surface area contributed by atoms with Gasteiger partial charge in [-0.05, 0) is 20.0 Å². The lowest BCUT2D eigenvalue weighted by atomic mass is 10.3. The molecule has 0 saturated heterocycles. The molecule has 1 unspecified atom stereocenters. The van der Waals surface area contributed by atoms with E-state index in [-0.39, 0.29) is 17.6 Å². The minimum Gasteiger partial charge on any atom is -0.316 e. The van der Waals surface area contributed by atoms with Crippen LogP contribution in [-0.2, 0) is 10.0 Å². The van der Waals surface area contributed by atoms with Crippen LogP contribution in [0.5, 0.6) is 0 Å². The van der Waals surface area contributed by atoms with Gasteiger partial charge in [-0.25, -0.2) is 13.1 Å². The molecular formula is C10H14ClN3O4S. The Morgan fingerprint density at radius 1 is 1.47 bits per heavy atom. The highest BCUT2D eigenvalue weighted by molar-refractivity contribution is 7.89. The van der Waals surface area contributed by atoms with Crippen molar-refractivity contribution in [2.45, 2.75) is 17.9 Å². The lowest BCUT2D eigenvalue weighted by Crippen LogP contribution is -2.37. The number of likely N-dealkylation sites (N-methyl/N-ethyl adjacent to an activating group) is 1. The second kappa shape index (κ2) is 6.29. The highest BCUT2D eigenvalue weighted by Gasteiger charge is 2.28. The molecule has 1 aromatic rings. The van der Waals surface area contributed by atoms with Crippen LogP contribution in [0.2, 0.25) is 5.02 Å². The van der Waals surface area contributed by atoms with Gasteiger partial charge in [-0.1, -0.05) is 17.7 Å². The van der Waals surface area contributed by atoms with Gasteiger partial charge in [-0.15, -0.1) is 0 Å². The van der Waals surface area contributed by atoms with Gasteiger partial charge in [0, 0.05) is 18.7 Å². The molecule has 19 heavy (non-hydrogen) atoms. The Morgan fingerprint density at radius 2 is 2.11 bits per heavy atom. The van der Waals surface area contributed by atoms with Crippen molar-refractivity contribution < 1.29 is 13.3 Å². The van der Waals surface area contributed by atoms with Crippen molar-refractivity contribution >= 4 is 27.3 Å². The summed E-state index contributed by atoms with van der Waals surface area (Å²) in [4.78, 5) is 9.57. The summed E-state index contributed by atoms with van der Waals surface area (Å²) in [6.45, 7) is 1.87. The third-order valence-electron chi connectivity index (χ3n) is 2.48. The van der Waals surface area contributed by atoms with Crippen LogP contribution in [0.15, 0.2) is 23.1 Å². The summed E-state index contributed by atoms with van der Waals surface area (Å²) in [5, 5.41) is 13.5. The number of nitrogens with one attached hydrogen (secondary N) is 2. The van der Waals surface area contributed by atoms with E-state index >= 15 is 0 Å². The second-order valence-electron chi connectivity index (χ2n) is 3.89. The predicted molar refractivity (Wildman–Crippen MR) is 71.8 cm³/mol. The standard InChI is InChI=1S/C10H14ClN3O4S/c1-7(12-2)6-13-19(17,18)10-8(11)4-3-5-9(10)14(15)16/h3-5,7,12-13H,6H2,1-2H3. The summed E-state index contributed by atoms with van der Waals surface area (Å²) in [6, 6.07) is 3.61. The summed E-state index contributed by atoms with van der Waals surface area (Å²) in [7, 11) is -2.36. The first-order valence-electron chi connectivity index (χ1n) is 5.39. The van der Waals surface area contributed by atoms with Crippen molar-refractivity contribution in [3.8, 4) is 0 Å². The van der Waals surface area contributed by atoms with Gasteiger partial charge in [0.05, 0.1) is 9.95 Å². The molecule has 2 N–H and O–H groups in total. The highest BCUT2D eigenvalue weighted by Crippen LogP contribution is 2.30. The van der Waals surface area contributed by atoms with Crippen molar-refractivity contribution in [2.75, 3.05) is 13.6 Å². The summed E-state index contributed by atoms with van der Waals surface area (Å²) in [5.74, 6) is 0. The number of rotatable bonds is 6. The Labute approximate surface area is 116 Å². The molecule has 0 heterocycles. The van der Waals surface area contributed by atoms with Gasteiger partial charge in [0.15, 0.2) is 4.90 Å². The molecule has 1 atom stereocenters. The molecule has 0 bridgehead atoms. The van der Waals surface area contributed by atoms with Gasteiger partial charge in [-0.3, -0.25) is 10.1 Å². The molecule has 1 aromatic carbocycles. The van der Waals surface area contributed by atoms with Crippen LogP contribution in [0.1, 0.15) is 6.92 Å². The first kappa shape index (κ1) is 15.8. The molecular weight excluding hydrogens is 294 g/mol. The number of nitro groups is 1. The minimum absolute atomic E-state index is 0.0984. The van der Waals surface area contributed by atoms with E-state index < -0.39 is 25.5 Å². The number of hydrogen-bond donors (Lipinski definition) is 2. The van der Waals surface area contributed by atoms with E-state index in [2.05, 4.69) is 10.0 Å². The van der Waals surface area contributed by atoms with Gasteiger partial charge < -0.3 is 5.32 Å². The first-order valence-corrected chi connectivity index (χ1v) is 7.25. The maximum absolute atomic E-state index is 12.1. The van der Waals surface area contributed by atoms with E-state index in [4.69, 9.17) is 11.6 Å². The number of halogens is 1. The molecule has 0 aliphatic carbocycles. The van der Waals surface area contributed by atoms with Gasteiger partial charge in [-0.2, -0.15) is 0 Å². The van der Waals surface area contributed by atoms with E-state index in [0.717, 1.165) is 6.07 Å². The van der Waals surface area contributed by atoms with Crippen LogP contribution < -0.4 is 10.0 Å². The normalized spacial score (nSPS) is 13.2. The SMILES string of the molecule is CNC(C)CNS(=O)(=O)c1c(Cl)cccc1[N+](=O)[O-]. The number of hydrogen-bond acceptors (Lipinski definition) is 5. The third-order valence-corrected chi connectivity index (χ3v) is 4.42. The fourth-order valence-corrected chi connectivity index (χ4v) is 3.15. The van der Waals surface area contributed by atoms with E-state index in [1.54, 1.807) is 14.0 Å². The molecule has 0 amide bonds. The fraction of sp³-hybridized carbons (Fsp3) is 0.400. The lowest BCUT2D eigenvalue weighted by molar-refractivity contribution is -0.387. The van der Waals surface area contributed by atoms with Crippen LogP contribution in [0.4, 0.5) is 5.69 Å². The Bertz CT molecular complexity index is 576. The zero-order valence-electron chi connectivity index (χ0n) is 10.4. The molecule has 9 heteroatoms. The average molecular weight is 308 g/mol. The van der Waals surface area contributed by atoms with Gasteiger partial charge in [0.1, 0.15) is 0 Å². The summed E-state index contributed by atoms with van der Waals surface area (Å²) >= 11 is 5.77. The molecule has 7 nitrogen and oxygen atoms in total. The summed E-state index contributed by atoms with van der Waals surface area (Å²) < 4.78 is 26.4. The van der Waals surface area contributed by atoms with Crippen LogP contribution in [0, 0.1) is 10.1 Å². The molecule has 106 valence electrons. The molecule has 0 spiro atoms. The maximum atomic E-state index is 12.1. The Balaban J connectivity index is 3.17. The first-order chi connectivity index (χ1) is 8.79. The molecule has 0 saturated carbocycles. The Hall–Kier alpha value is -1.22. The maximum Gasteiger partial charge on any atom is 0.290 e. The Morgan fingerprint density at radius 3 is 2.63 bits per heavy atom. The van der Waals surface area contributed by atoms with Crippen LogP contribution in [-0.4, -0.2) is 33.0 Å². The van der Waals surface area contributed by atoms with E-state index in [0.29, 0.717) is 0 Å². The summed E-state index contributed by atoms with van der Waals surface area (Å²) in [5.41, 5.74) is -0.544. The molecule has 1 rings (SSSR count). The molecule has 0 fully saturated rings. The number of nitro benzene ring substituents is 1. The van der Waals surface area contributed by atoms with Crippen molar-refractivity contribution in [3.63, 3.8) is 0 Å². The monoisotopic (exact) mass is 307 g/mol. The third kappa shape index (κ3) is 3.87. The quantitative estimate of drug-likeness (QED) is 0.606. The smallest absolute Gasteiger partial charge is 0.290 e. The van der Waals surface area contributed by atoms with Crippen LogP contribution >= 0.6 is 11.6 Å². The summed E-state index contributed by atoms with van der Waals surface area (Å²) in [6.07, 6.45) is 0. The Kier molecular flexibility index (Phi) is 5.24. The van der Waals surface area contributed by atoms with Crippen molar-refractivity contribution in [3.05, 3.63) is 33.3 Å². The van der Waals surface area contributed by atoms with Gasteiger partial charge in [0.25, 0.3) is 5.69 Å². The van der Waals surface area contributed by atoms with E-state index in [1.807, 2.05) is 0 Å². The molecule has 0 aromatic heterocycles. The highest BCUT2D eigenvalue weighted by atomic mass is 35.5. The van der Waals surface area contributed by atoms with Gasteiger partial charge >= 0.3 is 0 Å². The van der Waals surface area contributed by atoms with Crippen molar-refractivity contribution in [1.82, 2.24) is 10.0 Å². The molecule has 0 radical (unpaired) electrons. The number of nitrogens with zero attached hydrogens (tertiary/aromatic N) is 1. The minimum atomic E-state index is -4.04. The molecule has 0 aliphatic rings. The largest absolute Gasteiger partial charge is 0.316 e. The van der Waals surface area contributed by atoms with Crippen molar-refractivity contribution in [1.29, 1.82) is 0 Å². The average Bonchev–Trinajstić information content (AvgIpc) is 2.35. The van der Waals surface area contributed by atoms with Crippen molar-refractivity contribution in [2.24, 2.45) is 0 Å². The van der Waals surface area contributed by atoms with Gasteiger partial charge in [0.2, 0.25) is 10.0 Å². The second-order valence-corrected chi connectivity index (χ2v) is 6.00. The molecule has 0 aliphatic heterocycles. The zero-order chi connectivity index (χ0) is 14.6. The van der Waals surface area contributed by atoms with Crippen LogP contribution in [0.25, 0.3) is 0 Å².